The number of sulfonamides is 1. The summed E-state index contributed by atoms with van der Waals surface area (Å²) in [4.78, 5) is 12.7. The van der Waals surface area contributed by atoms with Crippen LogP contribution in [-0.2, 0) is 20.2 Å². The van der Waals surface area contributed by atoms with Crippen LogP contribution < -0.4 is 5.32 Å². The van der Waals surface area contributed by atoms with Gasteiger partial charge in [-0.05, 0) is 37.3 Å². The molecule has 5 nitrogen and oxygen atoms in total. The number of hydrogen-bond acceptors (Lipinski definition) is 3. The van der Waals surface area contributed by atoms with Gasteiger partial charge in [0.1, 0.15) is 5.82 Å². The fourth-order valence-electron chi connectivity index (χ4n) is 4.34. The van der Waals surface area contributed by atoms with Crippen molar-refractivity contribution < 1.29 is 17.6 Å². The summed E-state index contributed by atoms with van der Waals surface area (Å²) in [5, 5.41) is 3.01. The molecular formula is C19H27FN2O3S. The zero-order valence-electron chi connectivity index (χ0n) is 15.2. The average Bonchev–Trinajstić information content (AvgIpc) is 3.09. The quantitative estimate of drug-likeness (QED) is 0.851. The van der Waals surface area contributed by atoms with E-state index >= 15 is 0 Å². The molecular weight excluding hydrogens is 355 g/mol. The fraction of sp³-hybridized carbons (Fsp3) is 0.632. The van der Waals surface area contributed by atoms with E-state index in [0.717, 1.165) is 25.7 Å². The van der Waals surface area contributed by atoms with E-state index < -0.39 is 10.0 Å². The maximum atomic E-state index is 14.4. The van der Waals surface area contributed by atoms with E-state index in [0.29, 0.717) is 31.5 Å². The zero-order chi connectivity index (χ0) is 18.8. The van der Waals surface area contributed by atoms with Crippen LogP contribution in [0.1, 0.15) is 44.1 Å². The van der Waals surface area contributed by atoms with Crippen molar-refractivity contribution in [1.29, 1.82) is 0 Å². The molecule has 1 aliphatic heterocycles. The van der Waals surface area contributed by atoms with Gasteiger partial charge in [-0.15, -0.1) is 0 Å². The highest BCUT2D eigenvalue weighted by atomic mass is 32.2. The van der Waals surface area contributed by atoms with E-state index in [1.54, 1.807) is 6.07 Å². The minimum atomic E-state index is -3.28. The SMILES string of the molecule is CS(=O)(=O)N1CCC[C@@H](C(=O)NCC2(c3ccccc3F)CCCC2)C1. The number of piperidine rings is 1. The Morgan fingerprint density at radius 2 is 1.96 bits per heavy atom. The van der Waals surface area contributed by atoms with Crippen molar-refractivity contribution in [1.82, 2.24) is 9.62 Å². The first kappa shape index (κ1) is 19.3. The summed E-state index contributed by atoms with van der Waals surface area (Å²) >= 11 is 0. The van der Waals surface area contributed by atoms with E-state index in [9.17, 15) is 17.6 Å². The van der Waals surface area contributed by atoms with Gasteiger partial charge in [-0.25, -0.2) is 17.1 Å². The highest BCUT2D eigenvalue weighted by Crippen LogP contribution is 2.41. The number of hydrogen-bond donors (Lipinski definition) is 1. The number of halogens is 1. The van der Waals surface area contributed by atoms with Crippen molar-refractivity contribution in [3.05, 3.63) is 35.6 Å². The Labute approximate surface area is 155 Å². The predicted octanol–water partition coefficient (Wildman–Crippen LogP) is 2.43. The molecule has 1 atom stereocenters. The summed E-state index contributed by atoms with van der Waals surface area (Å²) in [6.45, 7) is 1.11. The Balaban J connectivity index is 1.68. The maximum Gasteiger partial charge on any atom is 0.224 e. The molecule has 2 fully saturated rings. The van der Waals surface area contributed by atoms with Gasteiger partial charge in [0.15, 0.2) is 0 Å². The summed E-state index contributed by atoms with van der Waals surface area (Å²) in [7, 11) is -3.28. The molecule has 1 aromatic carbocycles. The lowest BCUT2D eigenvalue weighted by molar-refractivity contribution is -0.126. The minimum absolute atomic E-state index is 0.124. The summed E-state index contributed by atoms with van der Waals surface area (Å²) < 4.78 is 39.2. The highest BCUT2D eigenvalue weighted by molar-refractivity contribution is 7.88. The Morgan fingerprint density at radius 3 is 2.62 bits per heavy atom. The molecule has 1 aliphatic carbocycles. The lowest BCUT2D eigenvalue weighted by Crippen LogP contribution is -2.47. The Bertz CT molecular complexity index is 760. The summed E-state index contributed by atoms with van der Waals surface area (Å²) in [5.41, 5.74) is 0.325. The van der Waals surface area contributed by atoms with Gasteiger partial charge in [-0.3, -0.25) is 4.79 Å². The van der Waals surface area contributed by atoms with Crippen LogP contribution in [0.4, 0.5) is 4.39 Å². The Hall–Kier alpha value is -1.47. The van der Waals surface area contributed by atoms with Crippen LogP contribution >= 0.6 is 0 Å². The Kier molecular flexibility index (Phi) is 5.67. The Morgan fingerprint density at radius 1 is 1.27 bits per heavy atom. The van der Waals surface area contributed by atoms with Crippen LogP contribution in [0.3, 0.4) is 0 Å². The molecule has 1 saturated carbocycles. The minimum Gasteiger partial charge on any atom is -0.355 e. The van der Waals surface area contributed by atoms with Crippen molar-refractivity contribution in [2.45, 2.75) is 43.9 Å². The normalized spacial score (nSPS) is 23.7. The summed E-state index contributed by atoms with van der Waals surface area (Å²) in [5.74, 6) is -0.678. The molecule has 144 valence electrons. The van der Waals surface area contributed by atoms with Gasteiger partial charge in [0, 0.05) is 25.0 Å². The van der Waals surface area contributed by atoms with Gasteiger partial charge in [0.2, 0.25) is 15.9 Å². The largest absolute Gasteiger partial charge is 0.355 e. The van der Waals surface area contributed by atoms with Crippen LogP contribution in [0, 0.1) is 11.7 Å². The second-order valence-corrected chi connectivity index (χ2v) is 9.63. The molecule has 1 heterocycles. The second kappa shape index (κ2) is 7.64. The van der Waals surface area contributed by atoms with Gasteiger partial charge in [0.05, 0.1) is 12.2 Å². The molecule has 0 spiro atoms. The van der Waals surface area contributed by atoms with Gasteiger partial charge in [0.25, 0.3) is 0 Å². The smallest absolute Gasteiger partial charge is 0.224 e. The van der Waals surface area contributed by atoms with Crippen molar-refractivity contribution >= 4 is 15.9 Å². The van der Waals surface area contributed by atoms with Crippen molar-refractivity contribution in [2.24, 2.45) is 5.92 Å². The third kappa shape index (κ3) is 4.09. The van der Waals surface area contributed by atoms with E-state index in [2.05, 4.69) is 5.32 Å². The third-order valence-electron chi connectivity index (χ3n) is 5.83. The first-order valence-corrected chi connectivity index (χ1v) is 11.1. The molecule has 26 heavy (non-hydrogen) atoms. The number of nitrogens with zero attached hydrogens (tertiary/aromatic N) is 1. The van der Waals surface area contributed by atoms with Gasteiger partial charge >= 0.3 is 0 Å². The number of rotatable bonds is 5. The van der Waals surface area contributed by atoms with Crippen molar-refractivity contribution in [3.8, 4) is 0 Å². The molecule has 3 rings (SSSR count). The zero-order valence-corrected chi connectivity index (χ0v) is 16.0. The standard InChI is InChI=1S/C19H27FN2O3S/c1-26(24,25)22-12-6-7-15(13-22)18(23)21-14-19(10-4-5-11-19)16-8-2-3-9-17(16)20/h2-3,8-9,15H,4-7,10-14H2,1H3,(H,21,23)/t15-/m1/s1. The molecule has 1 aromatic rings. The molecule has 0 bridgehead atoms. The van der Waals surface area contributed by atoms with Crippen molar-refractivity contribution in [2.75, 3.05) is 25.9 Å². The van der Waals surface area contributed by atoms with Gasteiger partial charge < -0.3 is 5.32 Å². The first-order chi connectivity index (χ1) is 12.3. The number of amides is 1. The average molecular weight is 383 g/mol. The molecule has 0 aromatic heterocycles. The van der Waals surface area contributed by atoms with Crippen LogP contribution in [-0.4, -0.2) is 44.5 Å². The highest BCUT2D eigenvalue weighted by Gasteiger charge is 2.39. The number of carbonyl (C=O) groups is 1. The molecule has 0 radical (unpaired) electrons. The van der Waals surface area contributed by atoms with E-state index in [1.165, 1.54) is 16.6 Å². The summed E-state index contributed by atoms with van der Waals surface area (Å²) in [6.07, 6.45) is 6.31. The van der Waals surface area contributed by atoms with Crippen molar-refractivity contribution in [3.63, 3.8) is 0 Å². The topological polar surface area (TPSA) is 66.5 Å². The lowest BCUT2D eigenvalue weighted by Gasteiger charge is -2.33. The number of carbonyl (C=O) groups excluding carboxylic acids is 1. The van der Waals surface area contributed by atoms with Gasteiger partial charge in [-0.2, -0.15) is 0 Å². The van der Waals surface area contributed by atoms with Gasteiger partial charge in [-0.1, -0.05) is 31.0 Å². The molecule has 1 N–H and O–H groups in total. The third-order valence-corrected chi connectivity index (χ3v) is 7.10. The first-order valence-electron chi connectivity index (χ1n) is 9.30. The summed E-state index contributed by atoms with van der Waals surface area (Å²) in [6, 6.07) is 6.81. The molecule has 2 aliphatic rings. The fourth-order valence-corrected chi connectivity index (χ4v) is 5.25. The molecule has 7 heteroatoms. The molecule has 1 saturated heterocycles. The molecule has 1 amide bonds. The number of benzene rings is 1. The van der Waals surface area contributed by atoms with Crippen LogP contribution in [0.2, 0.25) is 0 Å². The maximum absolute atomic E-state index is 14.4. The van der Waals surface area contributed by atoms with Crippen LogP contribution in [0.5, 0.6) is 0 Å². The van der Waals surface area contributed by atoms with E-state index in [1.807, 2.05) is 12.1 Å². The monoisotopic (exact) mass is 382 g/mol. The predicted molar refractivity (Wildman–Crippen MR) is 98.7 cm³/mol. The number of nitrogens with one attached hydrogen (secondary N) is 1. The molecule has 0 unspecified atom stereocenters. The second-order valence-electron chi connectivity index (χ2n) is 7.65. The van der Waals surface area contributed by atoms with E-state index in [4.69, 9.17) is 0 Å². The lowest BCUT2D eigenvalue weighted by atomic mass is 9.78. The van der Waals surface area contributed by atoms with Crippen LogP contribution in [0.25, 0.3) is 0 Å². The van der Waals surface area contributed by atoms with Crippen LogP contribution in [0.15, 0.2) is 24.3 Å². The van der Waals surface area contributed by atoms with E-state index in [-0.39, 0.29) is 29.6 Å².